The van der Waals surface area contributed by atoms with Crippen LogP contribution in [0.2, 0.25) is 0 Å². The maximum Gasteiger partial charge on any atom is 0.247 e. The van der Waals surface area contributed by atoms with Gasteiger partial charge in [-0.05, 0) is 36.6 Å². The van der Waals surface area contributed by atoms with Crippen LogP contribution in [0.15, 0.2) is 65.1 Å². The molecule has 4 rings (SSSR count). The van der Waals surface area contributed by atoms with Crippen LogP contribution < -0.4 is 0 Å². The van der Waals surface area contributed by atoms with E-state index in [0.717, 1.165) is 25.1 Å². The lowest BCUT2D eigenvalue weighted by atomic mass is 10.00. The van der Waals surface area contributed by atoms with E-state index in [1.54, 1.807) is 0 Å². The summed E-state index contributed by atoms with van der Waals surface area (Å²) < 4.78 is 5.85. The number of aryl methyl sites for hydroxylation is 1. The van der Waals surface area contributed by atoms with Crippen LogP contribution >= 0.6 is 0 Å². The van der Waals surface area contributed by atoms with Gasteiger partial charge in [0, 0.05) is 18.7 Å². The van der Waals surface area contributed by atoms with Gasteiger partial charge in [-0.2, -0.15) is 0 Å². The first kappa shape index (κ1) is 15.8. The molecule has 1 aromatic heterocycles. The number of benzene rings is 2. The number of rotatable bonds is 4. The maximum absolute atomic E-state index is 5.85. The Morgan fingerprint density at radius 3 is 2.60 bits per heavy atom. The highest BCUT2D eigenvalue weighted by Gasteiger charge is 2.16. The largest absolute Gasteiger partial charge is 0.419 e. The molecule has 25 heavy (non-hydrogen) atoms. The summed E-state index contributed by atoms with van der Waals surface area (Å²) >= 11 is 0. The average molecular weight is 331 g/mol. The van der Waals surface area contributed by atoms with Crippen LogP contribution in [0, 0.1) is 6.92 Å². The van der Waals surface area contributed by atoms with Crippen molar-refractivity contribution < 1.29 is 4.42 Å². The van der Waals surface area contributed by atoms with E-state index < -0.39 is 0 Å². The number of hydrogen-bond acceptors (Lipinski definition) is 4. The minimum Gasteiger partial charge on any atom is -0.419 e. The van der Waals surface area contributed by atoms with E-state index in [1.165, 1.54) is 16.7 Å². The fourth-order valence-corrected chi connectivity index (χ4v) is 3.17. The Morgan fingerprint density at radius 2 is 1.84 bits per heavy atom. The van der Waals surface area contributed by atoms with Crippen LogP contribution in [0.25, 0.3) is 17.0 Å². The molecule has 0 saturated heterocycles. The van der Waals surface area contributed by atoms with Crippen LogP contribution in [0.4, 0.5) is 0 Å². The Balaban J connectivity index is 1.42. The molecular formula is C21H21N3O. The third kappa shape index (κ3) is 3.69. The van der Waals surface area contributed by atoms with Crippen molar-refractivity contribution >= 4 is 5.57 Å². The SMILES string of the molecule is Cc1cccc(-c2nnc(CN3CC=C(c4ccccc4)CC3)o2)c1. The van der Waals surface area contributed by atoms with Crippen molar-refractivity contribution in [3.63, 3.8) is 0 Å². The summed E-state index contributed by atoms with van der Waals surface area (Å²) in [6, 6.07) is 18.7. The number of aromatic nitrogens is 2. The highest BCUT2D eigenvalue weighted by atomic mass is 16.4. The second-order valence-corrected chi connectivity index (χ2v) is 6.45. The topological polar surface area (TPSA) is 42.2 Å². The van der Waals surface area contributed by atoms with E-state index in [0.29, 0.717) is 18.3 Å². The molecule has 3 aromatic rings. The van der Waals surface area contributed by atoms with E-state index in [4.69, 9.17) is 4.42 Å². The second-order valence-electron chi connectivity index (χ2n) is 6.45. The van der Waals surface area contributed by atoms with Gasteiger partial charge in [-0.3, -0.25) is 4.90 Å². The van der Waals surface area contributed by atoms with Gasteiger partial charge in [-0.25, -0.2) is 0 Å². The van der Waals surface area contributed by atoms with E-state index >= 15 is 0 Å². The van der Waals surface area contributed by atoms with Crippen molar-refractivity contribution in [2.45, 2.75) is 19.9 Å². The van der Waals surface area contributed by atoms with Gasteiger partial charge < -0.3 is 4.42 Å². The fraction of sp³-hybridized carbons (Fsp3) is 0.238. The Bertz CT molecular complexity index is 883. The van der Waals surface area contributed by atoms with Crippen molar-refractivity contribution in [3.05, 3.63) is 77.7 Å². The van der Waals surface area contributed by atoms with Crippen molar-refractivity contribution in [2.24, 2.45) is 0 Å². The van der Waals surface area contributed by atoms with Crippen LogP contribution in [0.1, 0.15) is 23.4 Å². The van der Waals surface area contributed by atoms with E-state index in [9.17, 15) is 0 Å². The summed E-state index contributed by atoms with van der Waals surface area (Å²) in [7, 11) is 0. The molecule has 4 heteroatoms. The minimum absolute atomic E-state index is 0.594. The lowest BCUT2D eigenvalue weighted by Crippen LogP contribution is -2.28. The lowest BCUT2D eigenvalue weighted by Gasteiger charge is -2.25. The summed E-state index contributed by atoms with van der Waals surface area (Å²) in [5, 5.41) is 8.41. The smallest absolute Gasteiger partial charge is 0.247 e. The van der Waals surface area contributed by atoms with Crippen molar-refractivity contribution in [2.75, 3.05) is 13.1 Å². The van der Waals surface area contributed by atoms with Crippen LogP contribution in [0.3, 0.4) is 0 Å². The minimum atomic E-state index is 0.594. The molecule has 0 spiro atoms. The Hall–Kier alpha value is -2.72. The standard InChI is InChI=1S/C21H21N3O/c1-16-6-5-9-19(14-16)21-23-22-20(25-21)15-24-12-10-18(11-13-24)17-7-3-2-4-8-17/h2-10,14H,11-13,15H2,1H3. The lowest BCUT2D eigenvalue weighted by molar-refractivity contribution is 0.263. The highest BCUT2D eigenvalue weighted by Crippen LogP contribution is 2.24. The molecular weight excluding hydrogens is 310 g/mol. The average Bonchev–Trinajstić information content (AvgIpc) is 3.12. The molecule has 0 unspecified atom stereocenters. The highest BCUT2D eigenvalue weighted by molar-refractivity contribution is 5.66. The zero-order valence-electron chi connectivity index (χ0n) is 14.4. The quantitative estimate of drug-likeness (QED) is 0.713. The van der Waals surface area contributed by atoms with E-state index in [1.807, 2.05) is 12.1 Å². The van der Waals surface area contributed by atoms with Gasteiger partial charge in [0.1, 0.15) is 0 Å². The third-order valence-electron chi connectivity index (χ3n) is 4.53. The van der Waals surface area contributed by atoms with Gasteiger partial charge in [-0.1, -0.05) is 54.1 Å². The molecule has 0 N–H and O–H groups in total. The molecule has 1 aliphatic heterocycles. The van der Waals surface area contributed by atoms with Crippen LogP contribution in [-0.4, -0.2) is 28.2 Å². The van der Waals surface area contributed by atoms with Crippen molar-refractivity contribution in [3.8, 4) is 11.5 Å². The molecule has 0 fully saturated rings. The molecule has 0 aliphatic carbocycles. The van der Waals surface area contributed by atoms with Crippen molar-refractivity contribution in [1.82, 2.24) is 15.1 Å². The number of nitrogens with zero attached hydrogens (tertiary/aromatic N) is 3. The van der Waals surface area contributed by atoms with Crippen LogP contribution in [-0.2, 0) is 6.54 Å². The molecule has 0 bridgehead atoms. The second kappa shape index (κ2) is 7.03. The zero-order chi connectivity index (χ0) is 17.1. The summed E-state index contributed by atoms with van der Waals surface area (Å²) in [6.07, 6.45) is 3.35. The van der Waals surface area contributed by atoms with Gasteiger partial charge in [-0.15, -0.1) is 10.2 Å². The van der Waals surface area contributed by atoms with Crippen molar-refractivity contribution in [1.29, 1.82) is 0 Å². The molecule has 0 amide bonds. The maximum atomic E-state index is 5.85. The van der Waals surface area contributed by atoms with Gasteiger partial charge in [0.15, 0.2) is 0 Å². The predicted molar refractivity (Wildman–Crippen MR) is 98.8 cm³/mol. The molecule has 0 atom stereocenters. The summed E-state index contributed by atoms with van der Waals surface area (Å²) in [5.41, 5.74) is 4.90. The van der Waals surface area contributed by atoms with Gasteiger partial charge in [0.05, 0.1) is 6.54 Å². The Morgan fingerprint density at radius 1 is 1.00 bits per heavy atom. The van der Waals surface area contributed by atoms with E-state index in [2.05, 4.69) is 70.6 Å². The van der Waals surface area contributed by atoms with Crippen LogP contribution in [0.5, 0.6) is 0 Å². The third-order valence-corrected chi connectivity index (χ3v) is 4.53. The molecule has 0 radical (unpaired) electrons. The predicted octanol–water partition coefficient (Wildman–Crippen LogP) is 4.33. The summed E-state index contributed by atoms with van der Waals surface area (Å²) in [4.78, 5) is 2.33. The summed E-state index contributed by atoms with van der Waals surface area (Å²) in [5.74, 6) is 1.27. The first-order valence-corrected chi connectivity index (χ1v) is 8.64. The molecule has 4 nitrogen and oxygen atoms in total. The Kier molecular flexibility index (Phi) is 4.44. The van der Waals surface area contributed by atoms with E-state index in [-0.39, 0.29) is 0 Å². The number of hydrogen-bond donors (Lipinski definition) is 0. The molecule has 0 saturated carbocycles. The van der Waals surface area contributed by atoms with Gasteiger partial charge >= 0.3 is 0 Å². The molecule has 126 valence electrons. The van der Waals surface area contributed by atoms with Gasteiger partial charge in [0.2, 0.25) is 11.8 Å². The first-order chi connectivity index (χ1) is 12.3. The Labute approximate surface area is 147 Å². The molecule has 2 heterocycles. The monoisotopic (exact) mass is 331 g/mol. The molecule has 1 aliphatic rings. The zero-order valence-corrected chi connectivity index (χ0v) is 14.4. The fourth-order valence-electron chi connectivity index (χ4n) is 3.17. The normalized spacial score (nSPS) is 15.2. The first-order valence-electron chi connectivity index (χ1n) is 8.64. The molecule has 2 aromatic carbocycles. The summed E-state index contributed by atoms with van der Waals surface area (Å²) in [6.45, 7) is 4.66. The van der Waals surface area contributed by atoms with Gasteiger partial charge in [0.25, 0.3) is 0 Å².